The summed E-state index contributed by atoms with van der Waals surface area (Å²) in [5, 5.41) is 9.36. The Hall–Kier alpha value is -1.83. The van der Waals surface area contributed by atoms with Crippen molar-refractivity contribution in [3.8, 4) is 0 Å². The fourth-order valence-electron chi connectivity index (χ4n) is 3.19. The molecular formula is C17H20Cl2FN3O3. The van der Waals surface area contributed by atoms with Gasteiger partial charge in [-0.1, -0.05) is 18.5 Å². The zero-order valence-electron chi connectivity index (χ0n) is 14.5. The van der Waals surface area contributed by atoms with Crippen LogP contribution < -0.4 is 10.5 Å². The number of hydrogen-bond donors (Lipinski definition) is 1. The molecule has 0 unspecified atom stereocenters. The van der Waals surface area contributed by atoms with E-state index in [1.54, 1.807) is 0 Å². The number of nitrogens with zero attached hydrogens (tertiary/aromatic N) is 3. The second-order valence-corrected chi connectivity index (χ2v) is 6.57. The number of rotatable bonds is 3. The zero-order chi connectivity index (χ0) is 18.3. The summed E-state index contributed by atoms with van der Waals surface area (Å²) in [6.07, 6.45) is 1.51. The van der Waals surface area contributed by atoms with Crippen molar-refractivity contribution in [2.24, 2.45) is 0 Å². The molecule has 3 heterocycles. The van der Waals surface area contributed by atoms with Crippen molar-refractivity contribution in [3.63, 3.8) is 0 Å². The number of hydrogen-bond acceptors (Lipinski definition) is 4. The summed E-state index contributed by atoms with van der Waals surface area (Å²) in [6.45, 7) is 4.66. The number of likely N-dealkylation sites (N-methyl/N-ethyl adjacent to an activating group) is 1. The lowest BCUT2D eigenvalue weighted by Crippen LogP contribution is -2.45. The molecule has 0 aromatic carbocycles. The molecule has 0 amide bonds. The fourth-order valence-corrected chi connectivity index (χ4v) is 3.62. The Balaban J connectivity index is 0.00000243. The molecule has 142 valence electrons. The van der Waals surface area contributed by atoms with Crippen molar-refractivity contribution >= 4 is 41.2 Å². The lowest BCUT2D eigenvalue weighted by atomic mass is 10.1. The molecule has 0 bridgehead atoms. The quantitative estimate of drug-likeness (QED) is 0.852. The van der Waals surface area contributed by atoms with Crippen LogP contribution in [0.25, 0.3) is 5.52 Å². The normalized spacial score (nSPS) is 15.2. The maximum absolute atomic E-state index is 14.8. The molecule has 2 aromatic rings. The number of aromatic nitrogens is 1. The minimum atomic E-state index is -1.34. The van der Waals surface area contributed by atoms with Gasteiger partial charge >= 0.3 is 5.97 Å². The third-order valence-electron chi connectivity index (χ3n) is 4.63. The van der Waals surface area contributed by atoms with E-state index in [-0.39, 0.29) is 23.1 Å². The van der Waals surface area contributed by atoms with E-state index in [0.29, 0.717) is 30.6 Å². The van der Waals surface area contributed by atoms with Gasteiger partial charge in [0.25, 0.3) is 5.56 Å². The predicted molar refractivity (Wildman–Crippen MR) is 102 cm³/mol. The van der Waals surface area contributed by atoms with Gasteiger partial charge in [-0.3, -0.25) is 9.20 Å². The first kappa shape index (κ1) is 20.5. The van der Waals surface area contributed by atoms with Crippen LogP contribution in [0, 0.1) is 5.82 Å². The SMILES string of the molecule is CCc1cc(C(=O)O)c(=O)n2cc(F)c(N3CCN(C)CC3)c(Cl)c12.Cl. The molecule has 0 atom stereocenters. The Kier molecular flexibility index (Phi) is 6.16. The third kappa shape index (κ3) is 3.39. The first-order valence-electron chi connectivity index (χ1n) is 8.08. The van der Waals surface area contributed by atoms with Crippen molar-refractivity contribution in [1.82, 2.24) is 9.30 Å². The maximum Gasteiger partial charge on any atom is 0.341 e. The van der Waals surface area contributed by atoms with Crippen LogP contribution in [0.2, 0.25) is 5.02 Å². The van der Waals surface area contributed by atoms with Gasteiger partial charge in [0.2, 0.25) is 0 Å². The van der Waals surface area contributed by atoms with Gasteiger partial charge in [0, 0.05) is 26.2 Å². The lowest BCUT2D eigenvalue weighted by Gasteiger charge is -2.35. The van der Waals surface area contributed by atoms with Gasteiger partial charge in [-0.15, -0.1) is 12.4 Å². The van der Waals surface area contributed by atoms with Crippen LogP contribution in [0.5, 0.6) is 0 Å². The third-order valence-corrected chi connectivity index (χ3v) is 4.99. The topological polar surface area (TPSA) is 65.3 Å². The second kappa shape index (κ2) is 7.82. The van der Waals surface area contributed by atoms with Gasteiger partial charge < -0.3 is 14.9 Å². The van der Waals surface area contributed by atoms with E-state index in [2.05, 4.69) is 4.90 Å². The average Bonchev–Trinajstić information content (AvgIpc) is 2.57. The fraction of sp³-hybridized carbons (Fsp3) is 0.412. The van der Waals surface area contributed by atoms with Gasteiger partial charge in [0.1, 0.15) is 5.56 Å². The first-order chi connectivity index (χ1) is 11.8. The highest BCUT2D eigenvalue weighted by Crippen LogP contribution is 2.34. The van der Waals surface area contributed by atoms with Crippen LogP contribution in [-0.2, 0) is 6.42 Å². The molecule has 26 heavy (non-hydrogen) atoms. The number of pyridine rings is 2. The molecule has 6 nitrogen and oxygen atoms in total. The van der Waals surface area contributed by atoms with Crippen LogP contribution in [0.1, 0.15) is 22.8 Å². The smallest absolute Gasteiger partial charge is 0.341 e. The number of carbonyl (C=O) groups is 1. The highest BCUT2D eigenvalue weighted by molar-refractivity contribution is 6.36. The van der Waals surface area contributed by atoms with Crippen LogP contribution in [0.15, 0.2) is 17.1 Å². The summed E-state index contributed by atoms with van der Waals surface area (Å²) in [5.74, 6) is -1.97. The van der Waals surface area contributed by atoms with Gasteiger partial charge in [-0.2, -0.15) is 0 Å². The van der Waals surface area contributed by atoms with Crippen molar-refractivity contribution in [2.75, 3.05) is 38.1 Å². The van der Waals surface area contributed by atoms with Crippen LogP contribution in [0.4, 0.5) is 10.1 Å². The number of halogens is 3. The molecule has 2 aromatic heterocycles. The standard InChI is InChI=1S/C17H19ClFN3O3.ClH/c1-3-10-8-11(17(24)25)16(23)22-9-12(19)15(13(18)14(10)22)21-6-4-20(2)5-7-21;/h8-9H,3-7H2,1-2H3,(H,24,25);1H. The Morgan fingerprint density at radius 1 is 1.31 bits per heavy atom. The van der Waals surface area contributed by atoms with Gasteiger partial charge in [0.05, 0.1) is 22.4 Å². The Labute approximate surface area is 161 Å². The van der Waals surface area contributed by atoms with Crippen molar-refractivity contribution in [3.05, 3.63) is 44.6 Å². The number of aromatic carboxylic acids is 1. The van der Waals surface area contributed by atoms with E-state index in [1.165, 1.54) is 6.07 Å². The van der Waals surface area contributed by atoms with E-state index in [1.807, 2.05) is 18.9 Å². The highest BCUT2D eigenvalue weighted by Gasteiger charge is 2.25. The number of anilines is 1. The minimum absolute atomic E-state index is 0. The average molecular weight is 404 g/mol. The molecule has 0 spiro atoms. The Bertz CT molecular complexity index is 908. The monoisotopic (exact) mass is 403 g/mol. The summed E-state index contributed by atoms with van der Waals surface area (Å²) >= 11 is 6.50. The summed E-state index contributed by atoms with van der Waals surface area (Å²) < 4.78 is 15.8. The van der Waals surface area contributed by atoms with Crippen LogP contribution in [0.3, 0.4) is 0 Å². The van der Waals surface area contributed by atoms with Gasteiger partial charge in [-0.25, -0.2) is 9.18 Å². The Morgan fingerprint density at radius 3 is 2.46 bits per heavy atom. The highest BCUT2D eigenvalue weighted by atomic mass is 35.5. The summed E-state index contributed by atoms with van der Waals surface area (Å²) in [4.78, 5) is 27.7. The van der Waals surface area contributed by atoms with Crippen molar-refractivity contribution < 1.29 is 14.3 Å². The number of fused-ring (bicyclic) bond motifs is 1. The first-order valence-corrected chi connectivity index (χ1v) is 8.46. The molecule has 0 saturated carbocycles. The predicted octanol–water partition coefficient (Wildman–Crippen LogP) is 2.53. The summed E-state index contributed by atoms with van der Waals surface area (Å²) in [6, 6.07) is 1.33. The van der Waals surface area contributed by atoms with E-state index < -0.39 is 22.9 Å². The molecule has 1 N–H and O–H groups in total. The van der Waals surface area contributed by atoms with E-state index in [9.17, 15) is 19.1 Å². The van der Waals surface area contributed by atoms with Crippen molar-refractivity contribution in [1.29, 1.82) is 0 Å². The van der Waals surface area contributed by atoms with E-state index in [4.69, 9.17) is 11.6 Å². The second-order valence-electron chi connectivity index (χ2n) is 6.20. The van der Waals surface area contributed by atoms with Gasteiger partial charge in [-0.05, 0) is 25.1 Å². The van der Waals surface area contributed by atoms with E-state index >= 15 is 0 Å². The maximum atomic E-state index is 14.8. The Morgan fingerprint density at radius 2 is 1.92 bits per heavy atom. The molecule has 1 aliphatic rings. The van der Waals surface area contributed by atoms with Gasteiger partial charge in [0.15, 0.2) is 5.82 Å². The van der Waals surface area contributed by atoms with E-state index in [0.717, 1.165) is 23.7 Å². The molecule has 0 aliphatic carbocycles. The number of piperazine rings is 1. The molecule has 0 radical (unpaired) electrons. The number of carboxylic acids is 1. The largest absolute Gasteiger partial charge is 0.477 e. The van der Waals surface area contributed by atoms with Crippen LogP contribution in [-0.4, -0.2) is 53.6 Å². The van der Waals surface area contributed by atoms with Crippen LogP contribution >= 0.6 is 24.0 Å². The molecule has 9 heteroatoms. The molecule has 1 saturated heterocycles. The lowest BCUT2D eigenvalue weighted by molar-refractivity contribution is 0.0694. The van der Waals surface area contributed by atoms with Crippen molar-refractivity contribution in [2.45, 2.75) is 13.3 Å². The molecule has 1 fully saturated rings. The number of aryl methyl sites for hydroxylation is 1. The summed E-state index contributed by atoms with van der Waals surface area (Å²) in [7, 11) is 2.00. The summed E-state index contributed by atoms with van der Waals surface area (Å²) in [5.41, 5.74) is 0.0569. The molecule has 3 rings (SSSR count). The molecule has 1 aliphatic heterocycles. The minimum Gasteiger partial charge on any atom is -0.477 e. The zero-order valence-corrected chi connectivity index (χ0v) is 16.0. The number of carboxylic acid groups (broad SMARTS) is 1. The molecular weight excluding hydrogens is 384 g/mol.